The van der Waals surface area contributed by atoms with Gasteiger partial charge in [-0.25, -0.2) is 9.78 Å². The Bertz CT molecular complexity index is 1010. The van der Waals surface area contributed by atoms with Crippen molar-refractivity contribution in [3.8, 4) is 0 Å². The van der Waals surface area contributed by atoms with Gasteiger partial charge in [-0.2, -0.15) is 10.1 Å². The first-order valence-corrected chi connectivity index (χ1v) is 13.6. The number of nitrogens with one attached hydrogen (secondary N) is 2. The van der Waals surface area contributed by atoms with Gasteiger partial charge in [-0.3, -0.25) is 4.68 Å². The van der Waals surface area contributed by atoms with Crippen LogP contribution in [0.1, 0.15) is 64.6 Å². The molecule has 2 aromatic heterocycles. The molecule has 10 nitrogen and oxygen atoms in total. The van der Waals surface area contributed by atoms with E-state index in [1.807, 2.05) is 0 Å². The van der Waals surface area contributed by atoms with Gasteiger partial charge in [-0.1, -0.05) is 18.5 Å². The molecule has 4 rings (SSSR count). The second-order valence-corrected chi connectivity index (χ2v) is 10.2. The molecule has 2 aliphatic rings. The number of hydrogen-bond acceptors (Lipinski definition) is 8. The number of rotatable bonds is 10. The molecule has 0 bridgehead atoms. The summed E-state index contributed by atoms with van der Waals surface area (Å²) in [5.74, 6) is 1.04. The number of halogens is 1. The van der Waals surface area contributed by atoms with E-state index in [9.17, 15) is 4.79 Å². The molecule has 0 aliphatic carbocycles. The van der Waals surface area contributed by atoms with Crippen molar-refractivity contribution < 1.29 is 9.53 Å². The minimum Gasteiger partial charge on any atom is -0.449 e. The van der Waals surface area contributed by atoms with Crippen molar-refractivity contribution in [2.45, 2.75) is 71.4 Å². The van der Waals surface area contributed by atoms with Crippen LogP contribution in [0.15, 0.2) is 12.4 Å². The summed E-state index contributed by atoms with van der Waals surface area (Å²) >= 11 is 6.35. The van der Waals surface area contributed by atoms with Crippen molar-refractivity contribution in [1.82, 2.24) is 29.5 Å². The number of nitrogens with zero attached hydrogens (tertiary/aromatic N) is 6. The lowest BCUT2D eigenvalue weighted by Crippen LogP contribution is -2.39. The molecule has 0 spiro atoms. The Hall–Kier alpha value is -2.59. The normalized spacial score (nSPS) is 17.8. The number of carbonyl (C=O) groups excluding carboxylic acids is 1. The molecule has 2 saturated heterocycles. The van der Waals surface area contributed by atoms with Crippen molar-refractivity contribution in [2.24, 2.45) is 0 Å². The molecule has 36 heavy (non-hydrogen) atoms. The molecule has 11 heteroatoms. The molecule has 2 aromatic rings. The minimum absolute atomic E-state index is 0.225. The summed E-state index contributed by atoms with van der Waals surface area (Å²) in [7, 11) is 0. The summed E-state index contributed by atoms with van der Waals surface area (Å²) in [6, 6.07) is 0.994. The highest BCUT2D eigenvalue weighted by Crippen LogP contribution is 2.28. The molecule has 0 saturated carbocycles. The van der Waals surface area contributed by atoms with E-state index in [1.165, 1.54) is 0 Å². The predicted molar refractivity (Wildman–Crippen MR) is 142 cm³/mol. The van der Waals surface area contributed by atoms with Gasteiger partial charge in [0.2, 0.25) is 5.95 Å². The van der Waals surface area contributed by atoms with E-state index < -0.39 is 0 Å². The van der Waals surface area contributed by atoms with E-state index in [0.717, 1.165) is 69.5 Å². The predicted octanol–water partition coefficient (Wildman–Crippen LogP) is 4.71. The SMILES string of the molecule is CCc1nn(C2CCN(C(C)C)CC2)cc1Nc1ncc(Cl)c(NCCCN2CCCCOC2=O)n1. The van der Waals surface area contributed by atoms with Gasteiger partial charge < -0.3 is 25.2 Å². The molecule has 0 radical (unpaired) electrons. The lowest BCUT2D eigenvalue weighted by Gasteiger charge is -2.34. The van der Waals surface area contributed by atoms with E-state index in [2.05, 4.69) is 57.2 Å². The smallest absolute Gasteiger partial charge is 0.409 e. The summed E-state index contributed by atoms with van der Waals surface area (Å²) < 4.78 is 7.32. The second kappa shape index (κ2) is 12.6. The van der Waals surface area contributed by atoms with Crippen molar-refractivity contribution in [2.75, 3.05) is 50.0 Å². The fraction of sp³-hybridized carbons (Fsp3) is 0.680. The van der Waals surface area contributed by atoms with E-state index in [-0.39, 0.29) is 6.09 Å². The van der Waals surface area contributed by atoms with Crippen LogP contribution in [0.4, 0.5) is 22.2 Å². The number of carbonyl (C=O) groups is 1. The van der Waals surface area contributed by atoms with Crippen LogP contribution in [0.2, 0.25) is 5.02 Å². The number of aromatic nitrogens is 4. The Morgan fingerprint density at radius 2 is 2.03 bits per heavy atom. The Balaban J connectivity index is 1.34. The van der Waals surface area contributed by atoms with E-state index in [1.54, 1.807) is 11.1 Å². The highest BCUT2D eigenvalue weighted by Gasteiger charge is 2.24. The third-order valence-electron chi connectivity index (χ3n) is 6.94. The maximum Gasteiger partial charge on any atom is 0.409 e. The highest BCUT2D eigenvalue weighted by molar-refractivity contribution is 6.32. The van der Waals surface area contributed by atoms with Crippen molar-refractivity contribution >= 4 is 35.1 Å². The van der Waals surface area contributed by atoms with Crippen LogP contribution in [0, 0.1) is 0 Å². The summed E-state index contributed by atoms with van der Waals surface area (Å²) in [6.45, 7) is 11.3. The van der Waals surface area contributed by atoms with Crippen molar-refractivity contribution in [3.63, 3.8) is 0 Å². The Kier molecular flexibility index (Phi) is 9.25. The third-order valence-corrected chi connectivity index (χ3v) is 7.22. The minimum atomic E-state index is -0.225. The van der Waals surface area contributed by atoms with Gasteiger partial charge in [0.25, 0.3) is 0 Å². The van der Waals surface area contributed by atoms with Crippen LogP contribution >= 0.6 is 11.6 Å². The van der Waals surface area contributed by atoms with Gasteiger partial charge in [0.15, 0.2) is 0 Å². The topological polar surface area (TPSA) is 100 Å². The zero-order chi connectivity index (χ0) is 25.5. The molecule has 2 fully saturated rings. The maximum atomic E-state index is 12.0. The zero-order valence-electron chi connectivity index (χ0n) is 21.7. The van der Waals surface area contributed by atoms with E-state index in [0.29, 0.717) is 48.6 Å². The number of cyclic esters (lactones) is 1. The number of likely N-dealkylation sites (tertiary alicyclic amines) is 1. The van der Waals surface area contributed by atoms with Gasteiger partial charge in [-0.05, 0) is 52.4 Å². The molecule has 1 amide bonds. The summed E-state index contributed by atoms with van der Waals surface area (Å²) in [5, 5.41) is 12.0. The molecular weight excluding hydrogens is 480 g/mol. The molecular formula is C25H39ClN8O2. The zero-order valence-corrected chi connectivity index (χ0v) is 22.4. The monoisotopic (exact) mass is 518 g/mol. The van der Waals surface area contributed by atoms with Gasteiger partial charge in [0.05, 0.1) is 30.2 Å². The highest BCUT2D eigenvalue weighted by atomic mass is 35.5. The number of aryl methyl sites for hydroxylation is 1. The van der Waals surface area contributed by atoms with Gasteiger partial charge >= 0.3 is 6.09 Å². The molecule has 198 valence electrons. The summed E-state index contributed by atoms with van der Waals surface area (Å²) in [4.78, 5) is 25.2. The Morgan fingerprint density at radius 3 is 2.78 bits per heavy atom. The van der Waals surface area contributed by atoms with E-state index >= 15 is 0 Å². The lowest BCUT2D eigenvalue weighted by atomic mass is 10.0. The molecule has 2 aliphatic heterocycles. The maximum absolute atomic E-state index is 12.0. The summed E-state index contributed by atoms with van der Waals surface area (Å²) in [5.41, 5.74) is 1.93. The van der Waals surface area contributed by atoms with E-state index in [4.69, 9.17) is 21.4 Å². The number of anilines is 3. The van der Waals surface area contributed by atoms with Crippen LogP contribution in [-0.2, 0) is 11.2 Å². The fourth-order valence-corrected chi connectivity index (χ4v) is 4.90. The number of hydrogen-bond donors (Lipinski definition) is 2. The molecule has 2 N–H and O–H groups in total. The Morgan fingerprint density at radius 1 is 1.22 bits per heavy atom. The fourth-order valence-electron chi connectivity index (χ4n) is 4.75. The van der Waals surface area contributed by atoms with Crippen molar-refractivity contribution in [3.05, 3.63) is 23.1 Å². The standard InChI is InChI=1S/C25H39ClN8O2/c1-4-21-22(17-34(31-21)19-8-13-32(14-9-19)18(2)3)29-24-28-16-20(26)23(30-24)27-10-7-12-33-11-5-6-15-36-25(33)35/h16-19H,4-15H2,1-3H3,(H2,27,28,29,30). The molecule has 0 atom stereocenters. The molecule has 0 unspecified atom stereocenters. The first-order chi connectivity index (χ1) is 17.4. The molecule has 4 heterocycles. The lowest BCUT2D eigenvalue weighted by molar-refractivity contribution is 0.116. The number of piperidine rings is 1. The first kappa shape index (κ1) is 26.5. The van der Waals surface area contributed by atoms with Gasteiger partial charge in [-0.15, -0.1) is 0 Å². The first-order valence-electron chi connectivity index (χ1n) is 13.2. The Labute approximate surface area is 218 Å². The van der Waals surface area contributed by atoms with Crippen molar-refractivity contribution in [1.29, 1.82) is 0 Å². The van der Waals surface area contributed by atoms with Crippen LogP contribution in [0.25, 0.3) is 0 Å². The van der Waals surface area contributed by atoms with Gasteiger partial charge in [0.1, 0.15) is 10.8 Å². The quantitative estimate of drug-likeness (QED) is 0.436. The van der Waals surface area contributed by atoms with Gasteiger partial charge in [0, 0.05) is 45.0 Å². The van der Waals surface area contributed by atoms with Crippen LogP contribution < -0.4 is 10.6 Å². The largest absolute Gasteiger partial charge is 0.449 e. The second-order valence-electron chi connectivity index (χ2n) is 9.79. The average molecular weight is 519 g/mol. The van der Waals surface area contributed by atoms with Crippen LogP contribution in [-0.4, -0.2) is 81.0 Å². The van der Waals surface area contributed by atoms with Crippen LogP contribution in [0.3, 0.4) is 0 Å². The van der Waals surface area contributed by atoms with Crippen LogP contribution in [0.5, 0.6) is 0 Å². The summed E-state index contributed by atoms with van der Waals surface area (Å²) in [6.07, 6.45) is 9.13. The third kappa shape index (κ3) is 6.79. The average Bonchev–Trinajstić information content (AvgIpc) is 3.17. The number of ether oxygens (including phenoxy) is 1. The number of amides is 1. The molecule has 0 aromatic carbocycles.